The zero-order valence-electron chi connectivity index (χ0n) is 14.3. The fraction of sp³-hybridized carbons (Fsp3) is 0.529. The zero-order valence-corrected chi connectivity index (χ0v) is 15.1. The van der Waals surface area contributed by atoms with Crippen molar-refractivity contribution < 1.29 is 13.6 Å². The van der Waals surface area contributed by atoms with Gasteiger partial charge in [0, 0.05) is 19.2 Å². The van der Waals surface area contributed by atoms with E-state index >= 15 is 0 Å². The summed E-state index contributed by atoms with van der Waals surface area (Å²) >= 11 is 1.22. The Morgan fingerprint density at radius 1 is 1.48 bits per heavy atom. The minimum absolute atomic E-state index is 0.0232. The molecular formula is C17H22F2N4OS. The van der Waals surface area contributed by atoms with E-state index in [-0.39, 0.29) is 23.4 Å². The van der Waals surface area contributed by atoms with Crippen LogP contribution in [-0.4, -0.2) is 49.5 Å². The van der Waals surface area contributed by atoms with Crippen molar-refractivity contribution in [2.45, 2.75) is 18.9 Å². The molecule has 1 amide bonds. The molecule has 2 aromatic rings. The fourth-order valence-corrected chi connectivity index (χ4v) is 4.09. The van der Waals surface area contributed by atoms with Crippen molar-refractivity contribution in [3.05, 3.63) is 28.8 Å². The lowest BCUT2D eigenvalue weighted by Crippen LogP contribution is -2.43. The molecule has 1 unspecified atom stereocenters. The van der Waals surface area contributed by atoms with Gasteiger partial charge in [-0.2, -0.15) is 0 Å². The van der Waals surface area contributed by atoms with Crippen molar-refractivity contribution in [1.29, 1.82) is 0 Å². The quantitative estimate of drug-likeness (QED) is 0.850. The molecule has 5 nitrogen and oxygen atoms in total. The SMILES string of the molecule is CN(C)C[C@@H](NC(=O)C1CCCNC1)c1nc2c(F)cc(F)cc2s1. The highest BCUT2D eigenvalue weighted by Gasteiger charge is 2.26. The maximum absolute atomic E-state index is 13.9. The standard InChI is InChI=1S/C17H22F2N4OS/c1-23(2)9-13(21-16(24)10-4-3-5-20-8-10)17-22-15-12(19)6-11(18)7-14(15)25-17/h6-7,10,13,20H,3-5,8-9H2,1-2H3,(H,21,24)/t10?,13-/m1/s1. The predicted octanol–water partition coefficient (Wildman–Crippen LogP) is 2.29. The highest BCUT2D eigenvalue weighted by atomic mass is 32.1. The van der Waals surface area contributed by atoms with Crippen LogP contribution in [0.5, 0.6) is 0 Å². The van der Waals surface area contributed by atoms with E-state index in [2.05, 4.69) is 15.6 Å². The summed E-state index contributed by atoms with van der Waals surface area (Å²) in [4.78, 5) is 18.8. The topological polar surface area (TPSA) is 57.3 Å². The molecule has 1 aliphatic heterocycles. The molecule has 3 rings (SSSR count). The number of carbonyl (C=O) groups excluding carboxylic acids is 1. The van der Waals surface area contributed by atoms with Crippen molar-refractivity contribution in [2.24, 2.45) is 5.92 Å². The molecular weight excluding hydrogens is 346 g/mol. The van der Waals surface area contributed by atoms with E-state index in [1.165, 1.54) is 17.4 Å². The molecule has 1 fully saturated rings. The second-order valence-electron chi connectivity index (χ2n) is 6.65. The van der Waals surface area contributed by atoms with E-state index in [1.807, 2.05) is 19.0 Å². The normalized spacial score (nSPS) is 19.3. The number of nitrogens with zero attached hydrogens (tertiary/aromatic N) is 2. The summed E-state index contributed by atoms with van der Waals surface area (Å²) < 4.78 is 27.8. The largest absolute Gasteiger partial charge is 0.345 e. The zero-order chi connectivity index (χ0) is 18.0. The molecule has 2 heterocycles. The second kappa shape index (κ2) is 7.72. The first-order valence-electron chi connectivity index (χ1n) is 8.35. The van der Waals surface area contributed by atoms with Crippen LogP contribution in [0.25, 0.3) is 10.2 Å². The Kier molecular flexibility index (Phi) is 5.61. The molecule has 0 spiro atoms. The molecule has 1 saturated heterocycles. The van der Waals surface area contributed by atoms with Gasteiger partial charge in [0.1, 0.15) is 16.3 Å². The van der Waals surface area contributed by atoms with Crippen LogP contribution in [0.15, 0.2) is 12.1 Å². The summed E-state index contributed by atoms with van der Waals surface area (Å²) in [5.74, 6) is -1.39. The minimum Gasteiger partial charge on any atom is -0.345 e. The number of nitrogens with one attached hydrogen (secondary N) is 2. The smallest absolute Gasteiger partial charge is 0.225 e. The van der Waals surface area contributed by atoms with Crippen molar-refractivity contribution in [2.75, 3.05) is 33.7 Å². The lowest BCUT2D eigenvalue weighted by atomic mass is 9.98. The number of carbonyl (C=O) groups is 1. The van der Waals surface area contributed by atoms with Crippen LogP contribution >= 0.6 is 11.3 Å². The van der Waals surface area contributed by atoms with E-state index < -0.39 is 11.6 Å². The lowest BCUT2D eigenvalue weighted by molar-refractivity contribution is -0.126. The highest BCUT2D eigenvalue weighted by molar-refractivity contribution is 7.18. The van der Waals surface area contributed by atoms with Crippen molar-refractivity contribution in [3.8, 4) is 0 Å². The summed E-state index contributed by atoms with van der Waals surface area (Å²) in [6.07, 6.45) is 1.83. The molecule has 136 valence electrons. The van der Waals surface area contributed by atoms with Gasteiger partial charge in [0.2, 0.25) is 5.91 Å². The third kappa shape index (κ3) is 4.31. The minimum atomic E-state index is -0.677. The van der Waals surface area contributed by atoms with Gasteiger partial charge in [-0.1, -0.05) is 0 Å². The first-order chi connectivity index (χ1) is 11.9. The molecule has 1 aromatic heterocycles. The molecule has 2 N–H and O–H groups in total. The number of hydrogen-bond acceptors (Lipinski definition) is 5. The average molecular weight is 368 g/mol. The molecule has 0 bridgehead atoms. The van der Waals surface area contributed by atoms with E-state index in [9.17, 15) is 13.6 Å². The number of halogens is 2. The van der Waals surface area contributed by atoms with Crippen LogP contribution in [0, 0.1) is 17.6 Å². The Morgan fingerprint density at radius 3 is 2.96 bits per heavy atom. The van der Waals surface area contributed by atoms with Gasteiger partial charge >= 0.3 is 0 Å². The molecule has 0 aliphatic carbocycles. The number of benzene rings is 1. The highest BCUT2D eigenvalue weighted by Crippen LogP contribution is 2.29. The van der Waals surface area contributed by atoms with Crippen molar-refractivity contribution in [3.63, 3.8) is 0 Å². The first kappa shape index (κ1) is 18.2. The molecule has 0 saturated carbocycles. The maximum Gasteiger partial charge on any atom is 0.225 e. The van der Waals surface area contributed by atoms with E-state index in [1.54, 1.807) is 0 Å². The number of piperidine rings is 1. The molecule has 2 atom stereocenters. The number of fused-ring (bicyclic) bond motifs is 1. The molecule has 1 aromatic carbocycles. The van der Waals surface area contributed by atoms with Crippen LogP contribution in [0.3, 0.4) is 0 Å². The van der Waals surface area contributed by atoms with Crippen molar-refractivity contribution in [1.82, 2.24) is 20.5 Å². The maximum atomic E-state index is 13.9. The van der Waals surface area contributed by atoms with Crippen LogP contribution in [0.2, 0.25) is 0 Å². The van der Waals surface area contributed by atoms with Gasteiger partial charge in [-0.15, -0.1) is 11.3 Å². The summed E-state index contributed by atoms with van der Waals surface area (Å²) in [5.41, 5.74) is 0.152. The van der Waals surface area contributed by atoms with Crippen LogP contribution in [-0.2, 0) is 4.79 Å². The molecule has 8 heteroatoms. The Hall–Kier alpha value is -1.64. The number of thiazole rings is 1. The van der Waals surface area contributed by atoms with Gasteiger partial charge in [-0.3, -0.25) is 4.79 Å². The van der Waals surface area contributed by atoms with Gasteiger partial charge < -0.3 is 15.5 Å². The molecule has 0 radical (unpaired) electrons. The number of amides is 1. The Balaban J connectivity index is 1.85. The summed E-state index contributed by atoms with van der Waals surface area (Å²) in [6, 6.07) is 1.75. The lowest BCUT2D eigenvalue weighted by Gasteiger charge is -2.26. The Labute approximate surface area is 149 Å². The van der Waals surface area contributed by atoms with Gasteiger partial charge in [-0.05, 0) is 39.5 Å². The van der Waals surface area contributed by atoms with Gasteiger partial charge in [-0.25, -0.2) is 13.8 Å². The summed E-state index contributed by atoms with van der Waals surface area (Å²) in [5, 5.41) is 6.86. The van der Waals surface area contributed by atoms with Gasteiger partial charge in [0.15, 0.2) is 5.82 Å². The van der Waals surface area contributed by atoms with Crippen LogP contribution < -0.4 is 10.6 Å². The fourth-order valence-electron chi connectivity index (χ4n) is 3.04. The molecule has 1 aliphatic rings. The second-order valence-corrected chi connectivity index (χ2v) is 7.72. The van der Waals surface area contributed by atoms with Gasteiger partial charge in [0.05, 0.1) is 16.7 Å². The Bertz CT molecular complexity index is 758. The van der Waals surface area contributed by atoms with Crippen LogP contribution in [0.1, 0.15) is 23.9 Å². The predicted molar refractivity (Wildman–Crippen MR) is 94.6 cm³/mol. The number of hydrogen-bond donors (Lipinski definition) is 2. The number of aromatic nitrogens is 1. The van der Waals surface area contributed by atoms with Crippen molar-refractivity contribution >= 4 is 27.5 Å². The number of rotatable bonds is 5. The van der Waals surface area contributed by atoms with Crippen LogP contribution in [0.4, 0.5) is 8.78 Å². The van der Waals surface area contributed by atoms with E-state index in [0.29, 0.717) is 22.8 Å². The first-order valence-corrected chi connectivity index (χ1v) is 9.17. The van der Waals surface area contributed by atoms with E-state index in [4.69, 9.17) is 0 Å². The summed E-state index contributed by atoms with van der Waals surface area (Å²) in [6.45, 7) is 2.14. The Morgan fingerprint density at radius 2 is 2.28 bits per heavy atom. The van der Waals surface area contributed by atoms with Gasteiger partial charge in [0.25, 0.3) is 0 Å². The summed E-state index contributed by atoms with van der Waals surface area (Å²) in [7, 11) is 3.80. The third-order valence-corrected chi connectivity index (χ3v) is 5.38. The number of likely N-dealkylation sites (N-methyl/N-ethyl adjacent to an activating group) is 1. The third-order valence-electron chi connectivity index (χ3n) is 4.26. The van der Waals surface area contributed by atoms with E-state index in [0.717, 1.165) is 25.5 Å². The molecule has 25 heavy (non-hydrogen) atoms. The average Bonchev–Trinajstić information content (AvgIpc) is 2.99. The monoisotopic (exact) mass is 368 g/mol.